The summed E-state index contributed by atoms with van der Waals surface area (Å²) in [4.78, 5) is 28.4. The third kappa shape index (κ3) is 3.64. The largest absolute Gasteiger partial charge is 0.398 e. The number of hydrogen-bond donors (Lipinski definition) is 1. The van der Waals surface area contributed by atoms with Crippen molar-refractivity contribution in [2.75, 3.05) is 35.2 Å². The van der Waals surface area contributed by atoms with Gasteiger partial charge in [-0.3, -0.25) is 14.9 Å². The second-order valence-electron chi connectivity index (χ2n) is 8.04. The second-order valence-corrected chi connectivity index (χ2v) is 8.04. The number of nitrogens with two attached hydrogens (primary N) is 1. The smallest absolute Gasteiger partial charge is 0.293 e. The Morgan fingerprint density at radius 3 is 2.62 bits per heavy atom. The van der Waals surface area contributed by atoms with Gasteiger partial charge in [-0.2, -0.15) is 0 Å². The van der Waals surface area contributed by atoms with Crippen molar-refractivity contribution in [3.05, 3.63) is 57.6 Å². The van der Waals surface area contributed by atoms with Gasteiger partial charge in [0, 0.05) is 42.6 Å². The van der Waals surface area contributed by atoms with Gasteiger partial charge in [0.25, 0.3) is 11.6 Å². The molecule has 2 N–H and O–H groups in total. The zero-order chi connectivity index (χ0) is 20.5. The molecule has 7 heteroatoms. The first-order valence-corrected chi connectivity index (χ1v) is 10.2. The summed E-state index contributed by atoms with van der Waals surface area (Å²) in [6.07, 6.45) is 3.69. The SMILES string of the molecule is CC1CCN(c2ccc(C(=O)N3CCCc4c(N)cccc43)cc2[N+](=O)[O-])CC1. The van der Waals surface area contributed by atoms with Crippen LogP contribution in [0.15, 0.2) is 36.4 Å². The van der Waals surface area contributed by atoms with Crippen LogP contribution in [0, 0.1) is 16.0 Å². The predicted octanol–water partition coefficient (Wildman–Crippen LogP) is 4.01. The third-order valence-corrected chi connectivity index (χ3v) is 6.08. The molecule has 2 aromatic carbocycles. The summed E-state index contributed by atoms with van der Waals surface area (Å²) < 4.78 is 0. The van der Waals surface area contributed by atoms with Crippen LogP contribution in [0.3, 0.4) is 0 Å². The predicted molar refractivity (Wildman–Crippen MR) is 115 cm³/mol. The average molecular weight is 394 g/mol. The van der Waals surface area contributed by atoms with Crippen molar-refractivity contribution < 1.29 is 9.72 Å². The highest BCUT2D eigenvalue weighted by Crippen LogP contribution is 2.35. The zero-order valence-corrected chi connectivity index (χ0v) is 16.6. The number of rotatable bonds is 3. The lowest BCUT2D eigenvalue weighted by Crippen LogP contribution is -2.36. The van der Waals surface area contributed by atoms with E-state index in [9.17, 15) is 14.9 Å². The molecule has 2 heterocycles. The molecule has 0 saturated carbocycles. The fraction of sp³-hybridized carbons (Fsp3) is 0.409. The van der Waals surface area contributed by atoms with Crippen molar-refractivity contribution in [3.8, 4) is 0 Å². The van der Waals surface area contributed by atoms with Crippen molar-refractivity contribution in [1.82, 2.24) is 0 Å². The van der Waals surface area contributed by atoms with Gasteiger partial charge in [0.2, 0.25) is 0 Å². The molecule has 0 spiro atoms. The molecule has 1 saturated heterocycles. The standard InChI is InChI=1S/C22H26N4O3/c1-15-9-12-24(13-10-15)20-8-7-16(14-21(20)26(28)29)22(27)25-11-3-4-17-18(23)5-2-6-19(17)25/h2,5-8,14-15H,3-4,9-13,23H2,1H3. The van der Waals surface area contributed by atoms with Crippen LogP contribution in [0.4, 0.5) is 22.7 Å². The number of amides is 1. The van der Waals surface area contributed by atoms with Gasteiger partial charge in [-0.05, 0) is 61.4 Å². The van der Waals surface area contributed by atoms with E-state index in [2.05, 4.69) is 11.8 Å². The number of nitrogens with zero attached hydrogens (tertiary/aromatic N) is 3. The van der Waals surface area contributed by atoms with Gasteiger partial charge < -0.3 is 15.5 Å². The van der Waals surface area contributed by atoms with Crippen molar-refractivity contribution in [1.29, 1.82) is 0 Å². The van der Waals surface area contributed by atoms with E-state index in [1.807, 2.05) is 18.2 Å². The summed E-state index contributed by atoms with van der Waals surface area (Å²) in [5.41, 5.74) is 9.47. The molecule has 1 amide bonds. The van der Waals surface area contributed by atoms with Crippen LogP contribution < -0.4 is 15.5 Å². The minimum Gasteiger partial charge on any atom is -0.398 e. The average Bonchev–Trinajstić information content (AvgIpc) is 2.73. The molecule has 29 heavy (non-hydrogen) atoms. The quantitative estimate of drug-likeness (QED) is 0.482. The topological polar surface area (TPSA) is 92.7 Å². The van der Waals surface area contributed by atoms with Crippen LogP contribution in [-0.2, 0) is 6.42 Å². The van der Waals surface area contributed by atoms with Crippen LogP contribution >= 0.6 is 0 Å². The number of benzene rings is 2. The first kappa shape index (κ1) is 19.2. The molecule has 4 rings (SSSR count). The number of hydrogen-bond acceptors (Lipinski definition) is 5. The summed E-state index contributed by atoms with van der Waals surface area (Å²) in [5.74, 6) is 0.413. The Kier molecular flexibility index (Phi) is 5.13. The summed E-state index contributed by atoms with van der Waals surface area (Å²) >= 11 is 0. The van der Waals surface area contributed by atoms with Gasteiger partial charge in [0.15, 0.2) is 0 Å². The molecule has 0 aliphatic carbocycles. The van der Waals surface area contributed by atoms with E-state index in [-0.39, 0.29) is 16.5 Å². The molecule has 152 valence electrons. The van der Waals surface area contributed by atoms with Gasteiger partial charge in [-0.15, -0.1) is 0 Å². The molecule has 7 nitrogen and oxygen atoms in total. The maximum absolute atomic E-state index is 13.2. The summed E-state index contributed by atoms with van der Waals surface area (Å²) in [7, 11) is 0. The zero-order valence-electron chi connectivity index (χ0n) is 16.6. The maximum atomic E-state index is 13.2. The van der Waals surface area contributed by atoms with E-state index >= 15 is 0 Å². The Labute approximate surface area is 170 Å². The molecule has 0 atom stereocenters. The van der Waals surface area contributed by atoms with E-state index in [1.165, 1.54) is 6.07 Å². The second kappa shape index (κ2) is 7.73. The molecule has 0 unspecified atom stereocenters. The van der Waals surface area contributed by atoms with Crippen LogP contribution in [-0.4, -0.2) is 30.5 Å². The van der Waals surface area contributed by atoms with E-state index in [1.54, 1.807) is 17.0 Å². The number of anilines is 3. The van der Waals surface area contributed by atoms with Gasteiger partial charge in [-0.25, -0.2) is 0 Å². The normalized spacial score (nSPS) is 17.1. The van der Waals surface area contributed by atoms with Crippen LogP contribution in [0.5, 0.6) is 0 Å². The minimum absolute atomic E-state index is 0.00443. The van der Waals surface area contributed by atoms with E-state index < -0.39 is 0 Å². The monoisotopic (exact) mass is 394 g/mol. The molecule has 0 radical (unpaired) electrons. The minimum atomic E-state index is -0.383. The van der Waals surface area contributed by atoms with E-state index in [4.69, 9.17) is 5.73 Å². The molecule has 2 aliphatic rings. The Hall–Kier alpha value is -3.09. The molecule has 2 aliphatic heterocycles. The lowest BCUT2D eigenvalue weighted by molar-refractivity contribution is -0.384. The fourth-order valence-corrected chi connectivity index (χ4v) is 4.34. The number of carbonyl (C=O) groups excluding carboxylic acids is 1. The van der Waals surface area contributed by atoms with Crippen molar-refractivity contribution in [2.45, 2.75) is 32.6 Å². The van der Waals surface area contributed by atoms with Crippen LogP contribution in [0.2, 0.25) is 0 Å². The molecular weight excluding hydrogens is 368 g/mol. The molecule has 1 fully saturated rings. The van der Waals surface area contributed by atoms with Crippen LogP contribution in [0.25, 0.3) is 0 Å². The lowest BCUT2D eigenvalue weighted by atomic mass is 9.97. The van der Waals surface area contributed by atoms with Gasteiger partial charge >= 0.3 is 0 Å². The number of fused-ring (bicyclic) bond motifs is 1. The summed E-state index contributed by atoms with van der Waals surface area (Å²) in [6.45, 7) is 4.38. The highest BCUT2D eigenvalue weighted by molar-refractivity contribution is 6.07. The first-order chi connectivity index (χ1) is 14.0. The Bertz CT molecular complexity index is 951. The maximum Gasteiger partial charge on any atom is 0.293 e. The Morgan fingerprint density at radius 2 is 1.90 bits per heavy atom. The number of nitrogen functional groups attached to an aromatic ring is 1. The first-order valence-electron chi connectivity index (χ1n) is 10.2. The van der Waals surface area contributed by atoms with Crippen molar-refractivity contribution in [3.63, 3.8) is 0 Å². The number of nitro groups is 1. The Balaban J connectivity index is 1.66. The Morgan fingerprint density at radius 1 is 1.14 bits per heavy atom. The van der Waals surface area contributed by atoms with Crippen molar-refractivity contribution in [2.24, 2.45) is 5.92 Å². The summed E-state index contributed by atoms with van der Waals surface area (Å²) in [5, 5.41) is 11.8. The van der Waals surface area contributed by atoms with Crippen molar-refractivity contribution >= 4 is 28.7 Å². The highest BCUT2D eigenvalue weighted by atomic mass is 16.6. The summed E-state index contributed by atoms with van der Waals surface area (Å²) in [6, 6.07) is 10.4. The number of nitro benzene ring substituents is 1. The molecule has 2 aromatic rings. The third-order valence-electron chi connectivity index (χ3n) is 6.08. The van der Waals surface area contributed by atoms with Gasteiger partial charge in [0.1, 0.15) is 5.69 Å². The number of piperidine rings is 1. The molecular formula is C22H26N4O3. The van der Waals surface area contributed by atoms with Crippen LogP contribution in [0.1, 0.15) is 42.1 Å². The fourth-order valence-electron chi connectivity index (χ4n) is 4.34. The molecule has 0 aromatic heterocycles. The van der Waals surface area contributed by atoms with Gasteiger partial charge in [0.05, 0.1) is 4.92 Å². The lowest BCUT2D eigenvalue weighted by Gasteiger charge is -2.32. The van der Waals surface area contributed by atoms with E-state index in [0.29, 0.717) is 29.4 Å². The highest BCUT2D eigenvalue weighted by Gasteiger charge is 2.28. The van der Waals surface area contributed by atoms with Gasteiger partial charge in [-0.1, -0.05) is 13.0 Å². The molecule has 0 bridgehead atoms. The number of carbonyl (C=O) groups is 1. The van der Waals surface area contributed by atoms with E-state index in [0.717, 1.165) is 50.0 Å².